The van der Waals surface area contributed by atoms with E-state index in [0.29, 0.717) is 6.61 Å². The minimum absolute atomic E-state index is 0.344. The summed E-state index contributed by atoms with van der Waals surface area (Å²) in [4.78, 5) is 0. The predicted octanol–water partition coefficient (Wildman–Crippen LogP) is 4.16. The summed E-state index contributed by atoms with van der Waals surface area (Å²) in [5, 5.41) is 8.07. The molecule has 0 fully saturated rings. The van der Waals surface area contributed by atoms with Crippen molar-refractivity contribution in [3.05, 3.63) is 0 Å². The van der Waals surface area contributed by atoms with Gasteiger partial charge >= 0.3 is 59.7 Å². The van der Waals surface area contributed by atoms with Gasteiger partial charge in [-0.05, 0) is 6.42 Å². The van der Waals surface area contributed by atoms with Crippen molar-refractivity contribution < 1.29 is 16.0 Å². The molecule has 1 N–H and O–H groups in total. The third-order valence-electron chi connectivity index (χ3n) is 0.512. The fourth-order valence-electron chi connectivity index (χ4n) is 0.158. The summed E-state index contributed by atoms with van der Waals surface area (Å²) >= 11 is 13.3. The Hall–Kier alpha value is 2.76. The molecule has 0 aromatic carbocycles. The van der Waals surface area contributed by atoms with Crippen LogP contribution in [0, 0.1) is 0 Å². The molecular weight excluding hydrogens is 475 g/mol. The van der Waals surface area contributed by atoms with Gasteiger partial charge in [-0.2, -0.15) is 0 Å². The van der Waals surface area contributed by atoms with Crippen molar-refractivity contribution in [1.29, 1.82) is 0 Å². The van der Waals surface area contributed by atoms with Crippen LogP contribution in [0.15, 0.2) is 0 Å². The third kappa shape index (κ3) is 45.2. The minimum atomic E-state index is -1.93. The zero-order valence-electron chi connectivity index (χ0n) is 5.58. The van der Waals surface area contributed by atoms with Gasteiger partial charge in [-0.15, -0.1) is 0 Å². The molecule has 0 saturated heterocycles. The van der Waals surface area contributed by atoms with Crippen LogP contribution in [0.4, 0.5) is 0 Å². The average Bonchev–Trinajstić information content (AvgIpc) is 1.63. The van der Waals surface area contributed by atoms with Crippen LogP contribution in [0.25, 0.3) is 0 Å². The number of hydrogen-bond donors (Lipinski definition) is 1. The van der Waals surface area contributed by atoms with E-state index in [2.05, 4.69) is 55.8 Å². The monoisotopic (exact) mass is 480 g/mol. The normalized spacial score (nSPS) is 10.2. The van der Waals surface area contributed by atoms with Crippen LogP contribution < -0.4 is 0 Å². The average molecular weight is 485 g/mol. The summed E-state index contributed by atoms with van der Waals surface area (Å²) in [6, 6.07) is 0. The van der Waals surface area contributed by atoms with E-state index in [1.165, 1.54) is 0 Å². The molecule has 0 aliphatic heterocycles. The van der Waals surface area contributed by atoms with E-state index in [-0.39, 0.29) is 0 Å². The molecule has 6 heteroatoms. The Bertz CT molecular complexity index is 56.8. The Morgan fingerprint density at radius 1 is 1.20 bits per heavy atom. The van der Waals surface area contributed by atoms with Crippen molar-refractivity contribution in [3.8, 4) is 0 Å². The van der Waals surface area contributed by atoms with Gasteiger partial charge in [-0.1, -0.05) is 13.3 Å². The molecule has 0 aliphatic rings. The second-order valence-electron chi connectivity index (χ2n) is 1.51. The topological polar surface area (TPSA) is 20.2 Å². The van der Waals surface area contributed by atoms with E-state index >= 15 is 0 Å². The molecular formula is C4H10Br4OZr. The van der Waals surface area contributed by atoms with Crippen molar-refractivity contribution >= 4 is 48.9 Å². The van der Waals surface area contributed by atoms with Crippen LogP contribution in [0.1, 0.15) is 19.8 Å². The maximum atomic E-state index is 8.07. The number of halogens is 4. The van der Waals surface area contributed by atoms with E-state index in [1.807, 2.05) is 0 Å². The fourth-order valence-corrected chi connectivity index (χ4v) is 0.158. The zero-order chi connectivity index (χ0) is 8.62. The van der Waals surface area contributed by atoms with Crippen molar-refractivity contribution in [2.24, 2.45) is 0 Å². The molecule has 1 nitrogen and oxygen atoms in total. The molecule has 0 aromatic heterocycles. The Kier molecular flexibility index (Phi) is 15.0. The molecule has 0 rings (SSSR count). The molecule has 0 saturated carbocycles. The molecule has 0 radical (unpaired) electrons. The summed E-state index contributed by atoms with van der Waals surface area (Å²) < 4.78 is 0. The van der Waals surface area contributed by atoms with Crippen molar-refractivity contribution in [3.63, 3.8) is 0 Å². The molecule has 0 spiro atoms. The first kappa shape index (κ1) is 15.2. The fraction of sp³-hybridized carbons (Fsp3) is 1.00. The van der Waals surface area contributed by atoms with Gasteiger partial charge in [0.05, 0.1) is 0 Å². The second kappa shape index (κ2) is 9.85. The van der Waals surface area contributed by atoms with Crippen molar-refractivity contribution in [1.82, 2.24) is 0 Å². The van der Waals surface area contributed by atoms with Gasteiger partial charge in [-0.3, -0.25) is 0 Å². The molecule has 0 aromatic rings. The summed E-state index contributed by atoms with van der Waals surface area (Å²) in [5.41, 5.74) is 0. The molecule has 0 unspecified atom stereocenters. The van der Waals surface area contributed by atoms with E-state index in [4.69, 9.17) is 5.11 Å². The van der Waals surface area contributed by atoms with E-state index < -0.39 is 10.9 Å². The van der Waals surface area contributed by atoms with E-state index in [9.17, 15) is 0 Å². The first-order valence-electron chi connectivity index (χ1n) is 2.78. The molecule has 0 aliphatic carbocycles. The predicted molar refractivity (Wildman–Crippen MR) is 57.7 cm³/mol. The third-order valence-corrected chi connectivity index (χ3v) is 0.512. The van der Waals surface area contributed by atoms with Crippen molar-refractivity contribution in [2.75, 3.05) is 6.61 Å². The van der Waals surface area contributed by atoms with E-state index in [1.54, 1.807) is 0 Å². The van der Waals surface area contributed by atoms with Gasteiger partial charge in [0.1, 0.15) is 0 Å². The molecule has 0 bridgehead atoms. The molecule has 0 atom stereocenters. The zero-order valence-corrected chi connectivity index (χ0v) is 14.4. The summed E-state index contributed by atoms with van der Waals surface area (Å²) in [5.74, 6) is 0. The second-order valence-corrected chi connectivity index (χ2v) is 69.5. The van der Waals surface area contributed by atoms with E-state index in [0.717, 1.165) is 12.8 Å². The Morgan fingerprint density at radius 2 is 1.50 bits per heavy atom. The van der Waals surface area contributed by atoms with Crippen LogP contribution in [0.5, 0.6) is 0 Å². The number of aliphatic hydroxyl groups excluding tert-OH is 1. The number of rotatable bonds is 2. The summed E-state index contributed by atoms with van der Waals surface area (Å²) in [6.07, 6.45) is 2.04. The van der Waals surface area contributed by atoms with Crippen LogP contribution in [-0.4, -0.2) is 11.7 Å². The Morgan fingerprint density at radius 3 is 1.50 bits per heavy atom. The van der Waals surface area contributed by atoms with Gasteiger partial charge in [0.25, 0.3) is 0 Å². The van der Waals surface area contributed by atoms with Gasteiger partial charge in [0, 0.05) is 6.61 Å². The maximum absolute atomic E-state index is 8.07. The van der Waals surface area contributed by atoms with Gasteiger partial charge in [0.15, 0.2) is 0 Å². The van der Waals surface area contributed by atoms with Crippen LogP contribution in [0.2, 0.25) is 0 Å². The van der Waals surface area contributed by atoms with Gasteiger partial charge < -0.3 is 5.11 Å². The van der Waals surface area contributed by atoms with Crippen molar-refractivity contribution in [2.45, 2.75) is 19.8 Å². The molecule has 10 heavy (non-hydrogen) atoms. The standard InChI is InChI=1S/C4H10O.4BrH.Zr/c1-2-3-4-5;;;;;/h5H,2-4H2,1H3;4*1H;/q;;;;;+4/p-4. The molecule has 64 valence electrons. The Labute approximate surface area is 89.5 Å². The van der Waals surface area contributed by atoms with Gasteiger partial charge in [0.2, 0.25) is 0 Å². The quantitative estimate of drug-likeness (QED) is 0.624. The first-order chi connectivity index (χ1) is 4.41. The number of aliphatic hydroxyl groups is 1. The molecule has 0 heterocycles. The van der Waals surface area contributed by atoms with Crippen LogP contribution >= 0.6 is 48.9 Å². The first-order valence-corrected chi connectivity index (χ1v) is 25.3. The Balaban J connectivity index is 0. The van der Waals surface area contributed by atoms with Gasteiger partial charge in [-0.25, -0.2) is 0 Å². The number of hydrogen-bond acceptors (Lipinski definition) is 1. The summed E-state index contributed by atoms with van der Waals surface area (Å²) in [7, 11) is -1.93. The number of unbranched alkanes of at least 4 members (excludes halogenated alkanes) is 1. The summed E-state index contributed by atoms with van der Waals surface area (Å²) in [6.45, 7) is 2.40. The molecule has 0 amide bonds. The SMILES string of the molecule is CCCCO.[Br][Zr]([Br])([Br])[Br]. The van der Waals surface area contributed by atoms with Crippen LogP contribution in [-0.2, 0) is 10.9 Å². The van der Waals surface area contributed by atoms with Crippen LogP contribution in [0.3, 0.4) is 0 Å².